The number of hydrogen-bond acceptors (Lipinski definition) is 5. The summed E-state index contributed by atoms with van der Waals surface area (Å²) in [5.74, 6) is 1.77. The van der Waals surface area contributed by atoms with Gasteiger partial charge in [-0.2, -0.15) is 4.98 Å². The van der Waals surface area contributed by atoms with Gasteiger partial charge in [-0.25, -0.2) is 0 Å². The SMILES string of the molecule is COc1ccc(-c2noc(CN(C(=O)c3ccccc3C)C3CCCCC3)n2)cc1. The van der Waals surface area contributed by atoms with Crippen LogP contribution in [0.2, 0.25) is 0 Å². The largest absolute Gasteiger partial charge is 0.497 e. The third kappa shape index (κ3) is 4.37. The van der Waals surface area contributed by atoms with Gasteiger partial charge in [0.25, 0.3) is 5.91 Å². The fourth-order valence-electron chi connectivity index (χ4n) is 4.05. The molecule has 1 fully saturated rings. The average molecular weight is 405 g/mol. The predicted octanol–water partition coefficient (Wildman–Crippen LogP) is 5.03. The number of aromatic nitrogens is 2. The van der Waals surface area contributed by atoms with E-state index >= 15 is 0 Å². The molecule has 0 N–H and O–H groups in total. The molecule has 0 radical (unpaired) electrons. The lowest BCUT2D eigenvalue weighted by molar-refractivity contribution is 0.0585. The summed E-state index contributed by atoms with van der Waals surface area (Å²) in [6.45, 7) is 2.29. The lowest BCUT2D eigenvalue weighted by atomic mass is 9.93. The van der Waals surface area contributed by atoms with Gasteiger partial charge in [-0.15, -0.1) is 0 Å². The first-order valence-electron chi connectivity index (χ1n) is 10.5. The standard InChI is InChI=1S/C24H27N3O3/c1-17-8-6-7-11-21(17)24(28)27(19-9-4-3-5-10-19)16-22-25-23(26-30-22)18-12-14-20(29-2)15-13-18/h6-8,11-15,19H,3-5,9-10,16H2,1-2H3. The van der Waals surface area contributed by atoms with Gasteiger partial charge in [0.05, 0.1) is 7.11 Å². The maximum atomic E-state index is 13.4. The fourth-order valence-corrected chi connectivity index (χ4v) is 4.05. The molecule has 1 amide bonds. The molecule has 0 saturated heterocycles. The van der Waals surface area contributed by atoms with E-state index in [9.17, 15) is 4.79 Å². The van der Waals surface area contributed by atoms with Crippen molar-refractivity contribution >= 4 is 5.91 Å². The summed E-state index contributed by atoms with van der Waals surface area (Å²) in [5.41, 5.74) is 2.56. The van der Waals surface area contributed by atoms with Crippen LogP contribution in [-0.4, -0.2) is 34.1 Å². The van der Waals surface area contributed by atoms with Crippen molar-refractivity contribution in [3.05, 3.63) is 65.5 Å². The van der Waals surface area contributed by atoms with E-state index in [0.717, 1.165) is 48.1 Å². The Morgan fingerprint density at radius 1 is 1.10 bits per heavy atom. The summed E-state index contributed by atoms with van der Waals surface area (Å²) in [5, 5.41) is 4.12. The minimum Gasteiger partial charge on any atom is -0.497 e. The van der Waals surface area contributed by atoms with Gasteiger partial charge in [-0.05, 0) is 55.7 Å². The molecule has 0 atom stereocenters. The van der Waals surface area contributed by atoms with Gasteiger partial charge in [-0.1, -0.05) is 42.6 Å². The second kappa shape index (κ2) is 9.11. The van der Waals surface area contributed by atoms with Gasteiger partial charge < -0.3 is 14.2 Å². The van der Waals surface area contributed by atoms with E-state index in [0.29, 0.717) is 18.3 Å². The second-order valence-corrected chi connectivity index (χ2v) is 7.78. The number of rotatable bonds is 6. The molecule has 0 spiro atoms. The number of carbonyl (C=O) groups is 1. The van der Waals surface area contributed by atoms with Gasteiger partial charge in [0.1, 0.15) is 12.3 Å². The molecule has 0 unspecified atom stereocenters. The molecule has 1 heterocycles. The molecule has 2 aromatic carbocycles. The molecule has 4 rings (SSSR count). The number of benzene rings is 2. The van der Waals surface area contributed by atoms with Gasteiger partial charge in [0.15, 0.2) is 0 Å². The Morgan fingerprint density at radius 2 is 1.83 bits per heavy atom. The summed E-state index contributed by atoms with van der Waals surface area (Å²) >= 11 is 0. The molecule has 6 heteroatoms. The summed E-state index contributed by atoms with van der Waals surface area (Å²) in [4.78, 5) is 19.9. The van der Waals surface area contributed by atoms with Gasteiger partial charge in [0.2, 0.25) is 11.7 Å². The monoisotopic (exact) mass is 405 g/mol. The van der Waals surface area contributed by atoms with Crippen LogP contribution < -0.4 is 4.74 Å². The Kier molecular flexibility index (Phi) is 6.12. The van der Waals surface area contributed by atoms with Crippen LogP contribution in [-0.2, 0) is 6.54 Å². The third-order valence-corrected chi connectivity index (χ3v) is 5.77. The number of hydrogen-bond donors (Lipinski definition) is 0. The first kappa shape index (κ1) is 20.1. The van der Waals surface area contributed by atoms with Crippen LogP contribution in [0.5, 0.6) is 5.75 Å². The summed E-state index contributed by atoms with van der Waals surface area (Å²) in [6.07, 6.45) is 5.53. The topological polar surface area (TPSA) is 68.5 Å². The summed E-state index contributed by atoms with van der Waals surface area (Å²) in [7, 11) is 1.63. The average Bonchev–Trinajstić information content (AvgIpc) is 3.27. The number of methoxy groups -OCH3 is 1. The highest BCUT2D eigenvalue weighted by atomic mass is 16.5. The molecule has 3 aromatic rings. The van der Waals surface area contributed by atoms with Crippen molar-refractivity contribution in [3.8, 4) is 17.1 Å². The highest BCUT2D eigenvalue weighted by Gasteiger charge is 2.29. The quantitative estimate of drug-likeness (QED) is 0.575. The van der Waals surface area contributed by atoms with Crippen LogP contribution in [0.3, 0.4) is 0 Å². The van der Waals surface area contributed by atoms with Crippen molar-refractivity contribution in [2.75, 3.05) is 7.11 Å². The van der Waals surface area contributed by atoms with Crippen molar-refractivity contribution in [2.45, 2.75) is 51.6 Å². The molecule has 156 valence electrons. The van der Waals surface area contributed by atoms with E-state index in [2.05, 4.69) is 10.1 Å². The Morgan fingerprint density at radius 3 is 2.53 bits per heavy atom. The zero-order valence-electron chi connectivity index (χ0n) is 17.5. The lowest BCUT2D eigenvalue weighted by Gasteiger charge is -2.33. The van der Waals surface area contributed by atoms with Gasteiger partial charge in [-0.3, -0.25) is 4.79 Å². The second-order valence-electron chi connectivity index (χ2n) is 7.78. The van der Waals surface area contributed by atoms with E-state index in [4.69, 9.17) is 9.26 Å². The van der Waals surface area contributed by atoms with Gasteiger partial charge >= 0.3 is 0 Å². The molecule has 0 bridgehead atoms. The van der Waals surface area contributed by atoms with E-state index in [-0.39, 0.29) is 11.9 Å². The summed E-state index contributed by atoms with van der Waals surface area (Å²) in [6, 6.07) is 15.4. The maximum Gasteiger partial charge on any atom is 0.254 e. The Hall–Kier alpha value is -3.15. The molecule has 30 heavy (non-hydrogen) atoms. The maximum absolute atomic E-state index is 13.4. The van der Waals surface area contributed by atoms with E-state index in [1.807, 2.05) is 60.4 Å². The Balaban J connectivity index is 1.58. The highest BCUT2D eigenvalue weighted by molar-refractivity contribution is 5.95. The minimum absolute atomic E-state index is 0.0317. The van der Waals surface area contributed by atoms with E-state index in [1.165, 1.54) is 6.42 Å². The molecule has 1 aliphatic carbocycles. The number of carbonyl (C=O) groups excluding carboxylic acids is 1. The minimum atomic E-state index is 0.0317. The normalized spacial score (nSPS) is 14.5. The Labute approximate surface area is 176 Å². The molecule has 1 saturated carbocycles. The number of ether oxygens (including phenoxy) is 1. The van der Waals surface area contributed by atoms with Crippen LogP contribution in [0.25, 0.3) is 11.4 Å². The number of nitrogens with zero attached hydrogens (tertiary/aromatic N) is 3. The molecule has 1 aliphatic rings. The van der Waals surface area contributed by atoms with Gasteiger partial charge in [0, 0.05) is 17.2 Å². The molecule has 0 aliphatic heterocycles. The fraction of sp³-hybridized carbons (Fsp3) is 0.375. The summed E-state index contributed by atoms with van der Waals surface area (Å²) < 4.78 is 10.7. The first-order chi connectivity index (χ1) is 14.7. The van der Waals surface area contributed by atoms with Crippen molar-refractivity contribution in [1.82, 2.24) is 15.0 Å². The Bertz CT molecular complexity index is 991. The van der Waals surface area contributed by atoms with E-state index in [1.54, 1.807) is 7.11 Å². The molecular formula is C24H27N3O3. The predicted molar refractivity (Wildman–Crippen MR) is 114 cm³/mol. The van der Waals surface area contributed by atoms with Crippen LogP contribution in [0.1, 0.15) is 53.9 Å². The van der Waals surface area contributed by atoms with Crippen molar-refractivity contribution in [3.63, 3.8) is 0 Å². The molecule has 6 nitrogen and oxygen atoms in total. The van der Waals surface area contributed by atoms with Crippen molar-refractivity contribution < 1.29 is 14.1 Å². The van der Waals surface area contributed by atoms with Crippen LogP contribution in [0.4, 0.5) is 0 Å². The van der Waals surface area contributed by atoms with Crippen LogP contribution in [0, 0.1) is 6.92 Å². The highest BCUT2D eigenvalue weighted by Crippen LogP contribution is 2.27. The van der Waals surface area contributed by atoms with Crippen LogP contribution >= 0.6 is 0 Å². The van der Waals surface area contributed by atoms with Crippen LogP contribution in [0.15, 0.2) is 53.1 Å². The van der Waals surface area contributed by atoms with E-state index < -0.39 is 0 Å². The van der Waals surface area contributed by atoms with Crippen molar-refractivity contribution in [2.24, 2.45) is 0 Å². The molecular weight excluding hydrogens is 378 g/mol. The molecule has 1 aromatic heterocycles. The lowest BCUT2D eigenvalue weighted by Crippen LogP contribution is -2.41. The first-order valence-corrected chi connectivity index (χ1v) is 10.5. The third-order valence-electron chi connectivity index (χ3n) is 5.77. The zero-order valence-corrected chi connectivity index (χ0v) is 17.5. The zero-order chi connectivity index (χ0) is 20.9. The number of aryl methyl sites for hydroxylation is 1. The smallest absolute Gasteiger partial charge is 0.254 e. The number of amides is 1. The van der Waals surface area contributed by atoms with Crippen molar-refractivity contribution in [1.29, 1.82) is 0 Å².